The third-order valence-corrected chi connectivity index (χ3v) is 3.43. The maximum absolute atomic E-state index is 11.0. The molecule has 0 amide bonds. The molecule has 2 atom stereocenters. The van der Waals surface area contributed by atoms with Crippen LogP contribution in [0.2, 0.25) is 0 Å². The van der Waals surface area contributed by atoms with E-state index in [-0.39, 0.29) is 19.0 Å². The van der Waals surface area contributed by atoms with Gasteiger partial charge in [0.1, 0.15) is 0 Å². The average Bonchev–Trinajstić information content (AvgIpc) is 2.64. The van der Waals surface area contributed by atoms with Crippen molar-refractivity contribution >= 4 is 5.97 Å². The van der Waals surface area contributed by atoms with Crippen molar-refractivity contribution in [3.05, 3.63) is 59.7 Å². The molecule has 0 saturated carbocycles. The zero-order valence-corrected chi connectivity index (χ0v) is 14.3. The van der Waals surface area contributed by atoms with Crippen molar-refractivity contribution in [3.8, 4) is 11.8 Å². The molecule has 0 saturated heterocycles. The molecular weight excluding hydrogens is 320 g/mol. The number of aliphatic hydroxyl groups excluding tert-OH is 3. The van der Waals surface area contributed by atoms with Gasteiger partial charge in [0.2, 0.25) is 0 Å². The highest BCUT2D eigenvalue weighted by Gasteiger charge is 2.13. The Kier molecular flexibility index (Phi) is 9.95. The normalized spacial score (nSPS) is 13.4. The number of hydrogen-bond acceptors (Lipinski definition) is 5. The van der Waals surface area contributed by atoms with E-state index in [1.54, 1.807) is 18.2 Å². The van der Waals surface area contributed by atoms with Crippen molar-refractivity contribution in [2.24, 2.45) is 0 Å². The number of carbonyl (C=O) groups is 1. The maximum atomic E-state index is 11.0. The van der Waals surface area contributed by atoms with E-state index in [0.29, 0.717) is 12.8 Å². The fourth-order valence-electron chi connectivity index (χ4n) is 2.01. The number of methoxy groups -OCH3 is 1. The first-order chi connectivity index (χ1) is 12.1. The van der Waals surface area contributed by atoms with Crippen LogP contribution in [0.5, 0.6) is 0 Å². The Morgan fingerprint density at radius 1 is 1.32 bits per heavy atom. The first-order valence-corrected chi connectivity index (χ1v) is 8.04. The Bertz CT molecular complexity index is 652. The Labute approximate surface area is 148 Å². The third-order valence-electron chi connectivity index (χ3n) is 3.43. The summed E-state index contributed by atoms with van der Waals surface area (Å²) in [6.07, 6.45) is 5.40. The molecule has 25 heavy (non-hydrogen) atoms. The minimum atomic E-state index is -1.00. The molecule has 0 radical (unpaired) electrons. The molecule has 0 aliphatic rings. The summed E-state index contributed by atoms with van der Waals surface area (Å²) < 4.78 is 4.51. The fourth-order valence-corrected chi connectivity index (χ4v) is 2.01. The Balaban J connectivity index is 2.39. The van der Waals surface area contributed by atoms with Crippen LogP contribution in [0.3, 0.4) is 0 Å². The Hall–Kier alpha value is -2.39. The highest BCUT2D eigenvalue weighted by molar-refractivity contribution is 5.68. The molecule has 1 rings (SSSR count). The molecule has 0 aliphatic carbocycles. The van der Waals surface area contributed by atoms with Gasteiger partial charge in [-0.1, -0.05) is 42.2 Å². The molecule has 0 heterocycles. The molecule has 5 nitrogen and oxygen atoms in total. The van der Waals surface area contributed by atoms with Gasteiger partial charge in [-0.25, -0.2) is 0 Å². The van der Waals surface area contributed by atoms with Gasteiger partial charge in [0.15, 0.2) is 0 Å². The van der Waals surface area contributed by atoms with Gasteiger partial charge in [-0.2, -0.15) is 0 Å². The summed E-state index contributed by atoms with van der Waals surface area (Å²) in [5.41, 5.74) is 1.61. The first-order valence-electron chi connectivity index (χ1n) is 8.04. The van der Waals surface area contributed by atoms with E-state index < -0.39 is 12.2 Å². The highest BCUT2D eigenvalue weighted by Crippen LogP contribution is 2.07. The number of carbonyl (C=O) groups excluding carboxylic acids is 1. The van der Waals surface area contributed by atoms with Gasteiger partial charge in [0.05, 0.1) is 25.9 Å². The van der Waals surface area contributed by atoms with E-state index in [9.17, 15) is 15.0 Å². The second-order valence-corrected chi connectivity index (χ2v) is 5.40. The van der Waals surface area contributed by atoms with Crippen molar-refractivity contribution < 1.29 is 24.9 Å². The van der Waals surface area contributed by atoms with Gasteiger partial charge in [-0.3, -0.25) is 4.79 Å². The maximum Gasteiger partial charge on any atom is 0.305 e. The Morgan fingerprint density at radius 2 is 2.12 bits per heavy atom. The van der Waals surface area contributed by atoms with E-state index in [4.69, 9.17) is 5.11 Å². The van der Waals surface area contributed by atoms with Gasteiger partial charge in [-0.05, 0) is 36.6 Å². The quantitative estimate of drug-likeness (QED) is 0.380. The summed E-state index contributed by atoms with van der Waals surface area (Å²) in [4.78, 5) is 11.0. The Morgan fingerprint density at radius 3 is 2.84 bits per heavy atom. The molecule has 0 unspecified atom stereocenters. The van der Waals surface area contributed by atoms with Crippen molar-refractivity contribution in [3.63, 3.8) is 0 Å². The minimum absolute atomic E-state index is 0.0199. The minimum Gasteiger partial charge on any atom is -0.469 e. The smallest absolute Gasteiger partial charge is 0.305 e. The monoisotopic (exact) mass is 344 g/mol. The predicted molar refractivity (Wildman–Crippen MR) is 95.4 cm³/mol. The number of allylic oxidation sites excluding steroid dienone is 3. The van der Waals surface area contributed by atoms with Crippen LogP contribution in [0.4, 0.5) is 0 Å². The molecule has 3 N–H and O–H groups in total. The number of aliphatic hydroxyl groups is 3. The van der Waals surface area contributed by atoms with E-state index in [1.165, 1.54) is 13.2 Å². The number of hydrogen-bond donors (Lipinski definition) is 3. The van der Waals surface area contributed by atoms with Crippen molar-refractivity contribution in [2.45, 2.75) is 38.1 Å². The molecule has 0 bridgehead atoms. The summed E-state index contributed by atoms with van der Waals surface area (Å²) in [6.45, 7) is -0.0199. The standard InChI is InChI=1S/C20H24O5/c1-25-20(24)13-7-12-19(23)18(22)11-5-3-2-4-8-16-9-6-10-17(14-16)15-21/h2-3,5-6,9-11,14,18-19,21-23H,7,12-13,15H2,1H3/b3-2+,11-5+/t18-,19+/m1/s1. The second-order valence-electron chi connectivity index (χ2n) is 5.40. The fraction of sp³-hybridized carbons (Fsp3) is 0.350. The number of rotatable bonds is 8. The topological polar surface area (TPSA) is 87.0 Å². The van der Waals surface area contributed by atoms with Gasteiger partial charge in [0.25, 0.3) is 0 Å². The van der Waals surface area contributed by atoms with Crippen molar-refractivity contribution in [1.82, 2.24) is 0 Å². The average molecular weight is 344 g/mol. The largest absolute Gasteiger partial charge is 0.469 e. The molecule has 0 aliphatic heterocycles. The van der Waals surface area contributed by atoms with Crippen LogP contribution in [0.1, 0.15) is 30.4 Å². The molecule has 0 fully saturated rings. The van der Waals surface area contributed by atoms with Gasteiger partial charge in [-0.15, -0.1) is 0 Å². The second kappa shape index (κ2) is 12.0. The van der Waals surface area contributed by atoms with Gasteiger partial charge >= 0.3 is 5.97 Å². The highest BCUT2D eigenvalue weighted by atomic mass is 16.5. The van der Waals surface area contributed by atoms with Crippen LogP contribution in [0, 0.1) is 11.8 Å². The molecule has 5 heteroatoms. The van der Waals surface area contributed by atoms with Gasteiger partial charge < -0.3 is 20.1 Å². The summed E-state index contributed by atoms with van der Waals surface area (Å²) in [6, 6.07) is 7.31. The molecule has 0 spiro atoms. The predicted octanol–water partition coefficient (Wildman–Crippen LogP) is 1.71. The summed E-state index contributed by atoms with van der Waals surface area (Å²) in [7, 11) is 1.31. The molecule has 134 valence electrons. The van der Waals surface area contributed by atoms with Crippen LogP contribution in [-0.4, -0.2) is 40.6 Å². The lowest BCUT2D eigenvalue weighted by Gasteiger charge is -2.13. The van der Waals surface area contributed by atoms with Crippen LogP contribution < -0.4 is 0 Å². The SMILES string of the molecule is COC(=O)CCC[C@H](O)[C@H](O)/C=C/C=C/C#Cc1cccc(CO)c1. The lowest BCUT2D eigenvalue weighted by Crippen LogP contribution is -2.23. The third kappa shape index (κ3) is 8.87. The first kappa shape index (κ1) is 20.7. The zero-order valence-electron chi connectivity index (χ0n) is 14.3. The van der Waals surface area contributed by atoms with E-state index >= 15 is 0 Å². The van der Waals surface area contributed by atoms with E-state index in [0.717, 1.165) is 11.1 Å². The number of esters is 1. The summed E-state index contributed by atoms with van der Waals surface area (Å²) >= 11 is 0. The summed E-state index contributed by atoms with van der Waals surface area (Å²) in [5.74, 6) is 5.46. The number of ether oxygens (including phenoxy) is 1. The molecule has 1 aromatic rings. The van der Waals surface area contributed by atoms with Gasteiger partial charge in [0, 0.05) is 12.0 Å². The number of benzene rings is 1. The zero-order chi connectivity index (χ0) is 18.5. The molecule has 0 aromatic heterocycles. The van der Waals surface area contributed by atoms with Crippen LogP contribution in [0.25, 0.3) is 0 Å². The van der Waals surface area contributed by atoms with Crippen molar-refractivity contribution in [2.75, 3.05) is 7.11 Å². The lowest BCUT2D eigenvalue weighted by molar-refractivity contribution is -0.140. The van der Waals surface area contributed by atoms with Crippen LogP contribution >= 0.6 is 0 Å². The van der Waals surface area contributed by atoms with E-state index in [1.807, 2.05) is 24.3 Å². The summed E-state index contributed by atoms with van der Waals surface area (Å²) in [5, 5.41) is 28.6. The van der Waals surface area contributed by atoms with E-state index in [2.05, 4.69) is 16.6 Å². The van der Waals surface area contributed by atoms with Crippen LogP contribution in [0.15, 0.2) is 48.6 Å². The molecular formula is C20H24O5. The van der Waals surface area contributed by atoms with Crippen LogP contribution in [-0.2, 0) is 16.1 Å². The van der Waals surface area contributed by atoms with Crippen molar-refractivity contribution in [1.29, 1.82) is 0 Å². The lowest BCUT2D eigenvalue weighted by atomic mass is 10.1. The molecule has 1 aromatic carbocycles.